The molecule has 6 nitrogen and oxygen atoms in total. The van der Waals surface area contributed by atoms with Crippen molar-refractivity contribution in [3.05, 3.63) is 89.5 Å². The molecule has 3 aromatic rings. The van der Waals surface area contributed by atoms with Crippen molar-refractivity contribution in [2.24, 2.45) is 5.73 Å². The number of ether oxygens (including phenoxy) is 1. The zero-order valence-corrected chi connectivity index (χ0v) is 15.4. The Hall–Kier alpha value is -3.80. The fourth-order valence-electron chi connectivity index (χ4n) is 2.66. The van der Waals surface area contributed by atoms with Crippen LogP contribution in [0, 0.1) is 6.92 Å². The molecule has 0 bridgehead atoms. The largest absolute Gasteiger partial charge is 0.488 e. The van der Waals surface area contributed by atoms with Gasteiger partial charge in [0.15, 0.2) is 0 Å². The number of nitrogens with two attached hydrogens (primary N) is 1. The van der Waals surface area contributed by atoms with Crippen molar-refractivity contribution in [2.45, 2.75) is 13.5 Å². The fourth-order valence-corrected chi connectivity index (χ4v) is 2.66. The number of amides is 3. The zero-order chi connectivity index (χ0) is 19.9. The molecule has 0 aliphatic rings. The van der Waals surface area contributed by atoms with Crippen LogP contribution in [0.4, 0.5) is 16.2 Å². The molecule has 0 heterocycles. The van der Waals surface area contributed by atoms with E-state index in [9.17, 15) is 9.59 Å². The minimum Gasteiger partial charge on any atom is -0.488 e. The van der Waals surface area contributed by atoms with E-state index in [4.69, 9.17) is 10.5 Å². The van der Waals surface area contributed by atoms with Crippen molar-refractivity contribution in [1.29, 1.82) is 0 Å². The molecule has 0 aromatic heterocycles. The number of carbonyl (C=O) groups excluding carboxylic acids is 2. The molecule has 0 aliphatic heterocycles. The van der Waals surface area contributed by atoms with Crippen molar-refractivity contribution < 1.29 is 14.3 Å². The second-order valence-corrected chi connectivity index (χ2v) is 6.29. The number of nitrogens with one attached hydrogen (secondary N) is 2. The number of rotatable bonds is 6. The Morgan fingerprint density at radius 2 is 1.61 bits per heavy atom. The molecule has 0 radical (unpaired) electrons. The van der Waals surface area contributed by atoms with Gasteiger partial charge in [0.05, 0.1) is 5.56 Å². The number of urea groups is 1. The first-order valence-corrected chi connectivity index (χ1v) is 8.76. The zero-order valence-electron chi connectivity index (χ0n) is 15.4. The molecule has 3 rings (SSSR count). The molecule has 4 N–H and O–H groups in total. The normalized spacial score (nSPS) is 10.2. The van der Waals surface area contributed by atoms with E-state index in [1.807, 2.05) is 43.3 Å². The average molecular weight is 375 g/mol. The summed E-state index contributed by atoms with van der Waals surface area (Å²) in [6, 6.07) is 21.3. The Morgan fingerprint density at radius 3 is 2.32 bits per heavy atom. The molecule has 0 aliphatic carbocycles. The monoisotopic (exact) mass is 375 g/mol. The van der Waals surface area contributed by atoms with E-state index in [2.05, 4.69) is 10.6 Å². The molecule has 3 amide bonds. The van der Waals surface area contributed by atoms with Gasteiger partial charge in [-0.05, 0) is 54.4 Å². The lowest BCUT2D eigenvalue weighted by molar-refractivity contribution is 0.0996. The van der Waals surface area contributed by atoms with Crippen molar-refractivity contribution in [1.82, 2.24) is 0 Å². The summed E-state index contributed by atoms with van der Waals surface area (Å²) in [6.07, 6.45) is 0. The summed E-state index contributed by atoms with van der Waals surface area (Å²) in [5.41, 5.74) is 9.04. The first kappa shape index (κ1) is 19.0. The van der Waals surface area contributed by atoms with Crippen molar-refractivity contribution in [3.63, 3.8) is 0 Å². The number of benzene rings is 3. The highest BCUT2D eigenvalue weighted by atomic mass is 16.5. The number of carbonyl (C=O) groups is 2. The number of anilines is 2. The number of hydrogen-bond donors (Lipinski definition) is 3. The Kier molecular flexibility index (Phi) is 5.91. The third-order valence-electron chi connectivity index (χ3n) is 4.03. The Bertz CT molecular complexity index is 984. The standard InChI is InChI=1S/C22H21N3O3/c1-15-5-4-6-18(13-15)25-22(27)24-17-11-9-16(10-12-17)14-28-20-8-3-2-7-19(20)21(23)26/h2-13H,14H2,1H3,(H2,23,26)(H2,24,25,27). The van der Waals surface area contributed by atoms with E-state index < -0.39 is 5.91 Å². The summed E-state index contributed by atoms with van der Waals surface area (Å²) in [6.45, 7) is 2.24. The van der Waals surface area contributed by atoms with Gasteiger partial charge < -0.3 is 21.1 Å². The lowest BCUT2D eigenvalue weighted by atomic mass is 10.2. The molecule has 142 valence electrons. The molecule has 0 unspecified atom stereocenters. The maximum absolute atomic E-state index is 12.1. The Morgan fingerprint density at radius 1 is 0.893 bits per heavy atom. The van der Waals surface area contributed by atoms with Crippen LogP contribution in [-0.2, 0) is 6.61 Å². The molecule has 0 spiro atoms. The third-order valence-corrected chi connectivity index (χ3v) is 4.03. The Balaban J connectivity index is 1.56. The topological polar surface area (TPSA) is 93.4 Å². The van der Waals surface area contributed by atoms with Crippen molar-refractivity contribution in [3.8, 4) is 5.75 Å². The van der Waals surface area contributed by atoms with E-state index in [1.54, 1.807) is 36.4 Å². The first-order valence-electron chi connectivity index (χ1n) is 8.76. The van der Waals surface area contributed by atoms with Gasteiger partial charge in [-0.2, -0.15) is 0 Å². The number of aryl methyl sites for hydroxylation is 1. The van der Waals surface area contributed by atoms with Gasteiger partial charge in [-0.25, -0.2) is 4.79 Å². The molecule has 28 heavy (non-hydrogen) atoms. The smallest absolute Gasteiger partial charge is 0.323 e. The minimum atomic E-state index is -0.533. The SMILES string of the molecule is Cc1cccc(NC(=O)Nc2ccc(COc3ccccc3C(N)=O)cc2)c1. The molecule has 0 saturated carbocycles. The molecule has 0 fully saturated rings. The van der Waals surface area contributed by atoms with Crippen LogP contribution in [0.5, 0.6) is 5.75 Å². The number of primary amides is 1. The minimum absolute atomic E-state index is 0.278. The predicted octanol–water partition coefficient (Wildman–Crippen LogP) is 4.32. The molecular weight excluding hydrogens is 354 g/mol. The van der Waals surface area contributed by atoms with Gasteiger partial charge >= 0.3 is 6.03 Å². The highest BCUT2D eigenvalue weighted by molar-refractivity contribution is 5.99. The van der Waals surface area contributed by atoms with Gasteiger partial charge in [-0.1, -0.05) is 36.4 Å². The van der Waals surface area contributed by atoms with Gasteiger partial charge in [0.1, 0.15) is 12.4 Å². The second kappa shape index (κ2) is 8.73. The second-order valence-electron chi connectivity index (χ2n) is 6.29. The van der Waals surface area contributed by atoms with Crippen LogP contribution < -0.4 is 21.1 Å². The average Bonchev–Trinajstić information content (AvgIpc) is 2.67. The molecule has 0 atom stereocenters. The summed E-state index contributed by atoms with van der Waals surface area (Å²) >= 11 is 0. The van der Waals surface area contributed by atoms with Crippen LogP contribution in [0.3, 0.4) is 0 Å². The van der Waals surface area contributed by atoms with Crippen LogP contribution in [0.2, 0.25) is 0 Å². The van der Waals surface area contributed by atoms with Crippen LogP contribution in [0.1, 0.15) is 21.5 Å². The fraction of sp³-hybridized carbons (Fsp3) is 0.0909. The predicted molar refractivity (Wildman–Crippen MR) is 110 cm³/mol. The summed E-state index contributed by atoms with van der Waals surface area (Å²) in [4.78, 5) is 23.5. The summed E-state index contributed by atoms with van der Waals surface area (Å²) in [5.74, 6) is -0.0931. The van der Waals surface area contributed by atoms with Gasteiger partial charge in [0.25, 0.3) is 5.91 Å². The van der Waals surface area contributed by atoms with E-state index in [0.717, 1.165) is 16.8 Å². The van der Waals surface area contributed by atoms with Gasteiger partial charge in [0.2, 0.25) is 0 Å². The maximum Gasteiger partial charge on any atom is 0.323 e. The summed E-state index contributed by atoms with van der Waals surface area (Å²) < 4.78 is 5.70. The molecular formula is C22H21N3O3. The number of hydrogen-bond acceptors (Lipinski definition) is 3. The van der Waals surface area contributed by atoms with E-state index in [-0.39, 0.29) is 12.6 Å². The third kappa shape index (κ3) is 5.11. The first-order chi connectivity index (χ1) is 13.5. The lowest BCUT2D eigenvalue weighted by Crippen LogP contribution is -2.19. The summed E-state index contributed by atoms with van der Waals surface area (Å²) in [5, 5.41) is 5.57. The van der Waals surface area contributed by atoms with Crippen LogP contribution >= 0.6 is 0 Å². The van der Waals surface area contributed by atoms with E-state index in [1.165, 1.54) is 0 Å². The molecule has 3 aromatic carbocycles. The van der Waals surface area contributed by atoms with E-state index >= 15 is 0 Å². The number of para-hydroxylation sites is 1. The van der Waals surface area contributed by atoms with Crippen LogP contribution in [0.15, 0.2) is 72.8 Å². The molecule has 6 heteroatoms. The maximum atomic E-state index is 12.1. The Labute approximate surface area is 163 Å². The summed E-state index contributed by atoms with van der Waals surface area (Å²) in [7, 11) is 0. The van der Waals surface area contributed by atoms with Gasteiger partial charge in [-0.15, -0.1) is 0 Å². The van der Waals surface area contributed by atoms with E-state index in [0.29, 0.717) is 17.0 Å². The van der Waals surface area contributed by atoms with Crippen LogP contribution in [0.25, 0.3) is 0 Å². The van der Waals surface area contributed by atoms with Crippen molar-refractivity contribution in [2.75, 3.05) is 10.6 Å². The quantitative estimate of drug-likeness (QED) is 0.599. The van der Waals surface area contributed by atoms with Gasteiger partial charge in [0, 0.05) is 11.4 Å². The lowest BCUT2D eigenvalue weighted by Gasteiger charge is -2.11. The van der Waals surface area contributed by atoms with Crippen molar-refractivity contribution >= 4 is 23.3 Å². The molecule has 0 saturated heterocycles. The highest BCUT2D eigenvalue weighted by Gasteiger charge is 2.08. The highest BCUT2D eigenvalue weighted by Crippen LogP contribution is 2.19. The van der Waals surface area contributed by atoms with Crippen LogP contribution in [-0.4, -0.2) is 11.9 Å². The van der Waals surface area contributed by atoms with Gasteiger partial charge in [-0.3, -0.25) is 4.79 Å².